The van der Waals surface area contributed by atoms with Gasteiger partial charge in [0, 0.05) is 0 Å². The van der Waals surface area contributed by atoms with Crippen LogP contribution in [-0.4, -0.2) is 5.11 Å². The lowest BCUT2D eigenvalue weighted by Gasteiger charge is -2.55. The van der Waals surface area contributed by atoms with E-state index in [4.69, 9.17) is 0 Å². The van der Waals surface area contributed by atoms with Crippen LogP contribution >= 0.6 is 0 Å². The van der Waals surface area contributed by atoms with E-state index < -0.39 is 0 Å². The number of aromatic hydroxyl groups is 1. The Balaban J connectivity index is 1.81. The molecule has 4 rings (SSSR count). The van der Waals surface area contributed by atoms with Crippen molar-refractivity contribution >= 4 is 0 Å². The summed E-state index contributed by atoms with van der Waals surface area (Å²) in [5.74, 6) is 5.29. The molecule has 2 fully saturated rings. The molecular formula is C21H30O. The van der Waals surface area contributed by atoms with Crippen LogP contribution in [0.4, 0.5) is 0 Å². The first kappa shape index (κ1) is 14.6. The third kappa shape index (κ3) is 1.83. The minimum atomic E-state index is 0.437. The third-order valence-electron chi connectivity index (χ3n) is 7.82. The molecule has 3 aliphatic rings. The molecule has 0 amide bonds. The molecule has 1 aromatic rings. The molecule has 1 heteroatoms. The molecule has 1 nitrogen and oxygen atoms in total. The fourth-order valence-corrected chi connectivity index (χ4v) is 6.73. The fourth-order valence-electron chi connectivity index (χ4n) is 6.73. The normalized spacial score (nSPS) is 46.7. The summed E-state index contributed by atoms with van der Waals surface area (Å²) in [5.41, 5.74) is 3.52. The van der Waals surface area contributed by atoms with Crippen LogP contribution in [0.15, 0.2) is 18.2 Å². The van der Waals surface area contributed by atoms with Gasteiger partial charge in [-0.3, -0.25) is 0 Å². The Morgan fingerprint density at radius 1 is 1.09 bits per heavy atom. The minimum absolute atomic E-state index is 0.437. The molecule has 0 radical (unpaired) electrons. The maximum absolute atomic E-state index is 9.86. The van der Waals surface area contributed by atoms with Crippen molar-refractivity contribution in [3.63, 3.8) is 0 Å². The van der Waals surface area contributed by atoms with Gasteiger partial charge in [-0.2, -0.15) is 0 Å². The van der Waals surface area contributed by atoms with E-state index in [9.17, 15) is 5.11 Å². The van der Waals surface area contributed by atoms with Crippen molar-refractivity contribution in [2.24, 2.45) is 35.0 Å². The fraction of sp³-hybridized carbons (Fsp3) is 0.714. The molecule has 0 bridgehead atoms. The van der Waals surface area contributed by atoms with Crippen LogP contribution in [0.25, 0.3) is 0 Å². The van der Waals surface area contributed by atoms with Crippen molar-refractivity contribution in [2.75, 3.05) is 0 Å². The summed E-state index contributed by atoms with van der Waals surface area (Å²) in [7, 11) is 0. The summed E-state index contributed by atoms with van der Waals surface area (Å²) in [6, 6.07) is 6.16. The predicted molar refractivity (Wildman–Crippen MR) is 91.0 cm³/mol. The van der Waals surface area contributed by atoms with E-state index in [0.717, 1.165) is 36.0 Å². The number of hydrogen-bond acceptors (Lipinski definition) is 1. The van der Waals surface area contributed by atoms with Crippen LogP contribution in [0.2, 0.25) is 0 Å². The van der Waals surface area contributed by atoms with Crippen LogP contribution in [0.3, 0.4) is 0 Å². The van der Waals surface area contributed by atoms with E-state index >= 15 is 0 Å². The van der Waals surface area contributed by atoms with Crippen molar-refractivity contribution < 1.29 is 5.11 Å². The average molecular weight is 298 g/mol. The van der Waals surface area contributed by atoms with Crippen molar-refractivity contribution in [3.05, 3.63) is 29.3 Å². The zero-order chi connectivity index (χ0) is 15.6. The summed E-state index contributed by atoms with van der Waals surface area (Å²) >= 11 is 0. The summed E-state index contributed by atoms with van der Waals surface area (Å²) in [6.07, 6.45) is 5.39. The van der Waals surface area contributed by atoms with E-state index in [1.165, 1.54) is 24.8 Å². The molecule has 0 saturated heterocycles. The first-order valence-corrected chi connectivity index (χ1v) is 9.23. The second-order valence-electron chi connectivity index (χ2n) is 8.94. The lowest BCUT2D eigenvalue weighted by molar-refractivity contribution is -0.0201. The predicted octanol–water partition coefficient (Wildman–Crippen LogP) is 5.38. The molecule has 3 unspecified atom stereocenters. The number of phenols is 1. The number of rotatable bonds is 0. The van der Waals surface area contributed by atoms with E-state index in [2.05, 4.69) is 33.8 Å². The van der Waals surface area contributed by atoms with Crippen molar-refractivity contribution in [3.8, 4) is 5.75 Å². The SMILES string of the molecule is C[C@H]1C[C@@]2(C)C(CC[C@@H]2C)C2C1c1ccc(O)cc1C[C@@H]2C. The van der Waals surface area contributed by atoms with Gasteiger partial charge in [-0.15, -0.1) is 0 Å². The molecule has 22 heavy (non-hydrogen) atoms. The lowest BCUT2D eigenvalue weighted by atomic mass is 9.49. The highest BCUT2D eigenvalue weighted by molar-refractivity contribution is 5.41. The van der Waals surface area contributed by atoms with Crippen LogP contribution < -0.4 is 0 Å². The Kier molecular flexibility index (Phi) is 3.16. The summed E-state index contributed by atoms with van der Waals surface area (Å²) < 4.78 is 0. The van der Waals surface area contributed by atoms with Crippen molar-refractivity contribution in [2.45, 2.75) is 59.3 Å². The smallest absolute Gasteiger partial charge is 0.115 e. The van der Waals surface area contributed by atoms with Gasteiger partial charge in [0.05, 0.1) is 0 Å². The monoisotopic (exact) mass is 298 g/mol. The zero-order valence-corrected chi connectivity index (χ0v) is 14.5. The molecule has 3 aliphatic carbocycles. The number of benzene rings is 1. The molecule has 1 N–H and O–H groups in total. The van der Waals surface area contributed by atoms with E-state index in [0.29, 0.717) is 17.1 Å². The van der Waals surface area contributed by atoms with Crippen LogP contribution in [0, 0.1) is 35.0 Å². The highest BCUT2D eigenvalue weighted by Gasteiger charge is 2.57. The highest BCUT2D eigenvalue weighted by atomic mass is 16.3. The lowest BCUT2D eigenvalue weighted by Crippen LogP contribution is -2.48. The van der Waals surface area contributed by atoms with Crippen LogP contribution in [-0.2, 0) is 6.42 Å². The Hall–Kier alpha value is -0.980. The first-order chi connectivity index (χ1) is 10.4. The quantitative estimate of drug-likeness (QED) is 0.682. The molecule has 2 saturated carbocycles. The van der Waals surface area contributed by atoms with Crippen LogP contribution in [0.5, 0.6) is 5.75 Å². The second kappa shape index (κ2) is 4.76. The Morgan fingerprint density at radius 2 is 1.86 bits per heavy atom. The number of phenolic OH excluding ortho intramolecular Hbond substituents is 1. The van der Waals surface area contributed by atoms with E-state index in [1.54, 1.807) is 5.56 Å². The zero-order valence-electron chi connectivity index (χ0n) is 14.5. The van der Waals surface area contributed by atoms with Crippen LogP contribution in [0.1, 0.15) is 64.0 Å². The Labute approximate surface area is 135 Å². The molecule has 120 valence electrons. The van der Waals surface area contributed by atoms with E-state index in [1.807, 2.05) is 12.1 Å². The maximum atomic E-state index is 9.86. The van der Waals surface area contributed by atoms with E-state index in [-0.39, 0.29) is 0 Å². The van der Waals surface area contributed by atoms with Gasteiger partial charge in [-0.25, -0.2) is 0 Å². The van der Waals surface area contributed by atoms with Gasteiger partial charge in [0.2, 0.25) is 0 Å². The highest BCUT2D eigenvalue weighted by Crippen LogP contribution is 2.65. The van der Waals surface area contributed by atoms with Gasteiger partial charge in [0.25, 0.3) is 0 Å². The van der Waals surface area contributed by atoms with Crippen molar-refractivity contribution in [1.82, 2.24) is 0 Å². The van der Waals surface area contributed by atoms with Crippen molar-refractivity contribution in [1.29, 1.82) is 0 Å². The molecule has 0 aliphatic heterocycles. The molecule has 0 aromatic heterocycles. The number of hydrogen-bond donors (Lipinski definition) is 1. The van der Waals surface area contributed by atoms with Gasteiger partial charge in [0.15, 0.2) is 0 Å². The van der Waals surface area contributed by atoms with Gasteiger partial charge in [-0.1, -0.05) is 33.8 Å². The number of fused-ring (bicyclic) bond motifs is 5. The van der Waals surface area contributed by atoms with Gasteiger partial charge >= 0.3 is 0 Å². The molecule has 1 aromatic carbocycles. The maximum Gasteiger partial charge on any atom is 0.115 e. The first-order valence-electron chi connectivity index (χ1n) is 9.23. The molecular weight excluding hydrogens is 268 g/mol. The second-order valence-corrected chi connectivity index (χ2v) is 8.94. The van der Waals surface area contributed by atoms with Gasteiger partial charge < -0.3 is 5.11 Å². The third-order valence-corrected chi connectivity index (χ3v) is 7.82. The Bertz CT molecular complexity index is 592. The molecule has 7 atom stereocenters. The summed E-state index contributed by atoms with van der Waals surface area (Å²) in [5, 5.41) is 9.86. The topological polar surface area (TPSA) is 20.2 Å². The molecule has 0 heterocycles. The largest absolute Gasteiger partial charge is 0.508 e. The average Bonchev–Trinajstić information content (AvgIpc) is 2.74. The van der Waals surface area contributed by atoms with Gasteiger partial charge in [-0.05, 0) is 89.9 Å². The molecule has 0 spiro atoms. The summed E-state index contributed by atoms with van der Waals surface area (Å²) in [6.45, 7) is 10.0. The Morgan fingerprint density at radius 3 is 2.64 bits per heavy atom. The standard InChI is InChI=1S/C21H30O/c1-12-9-15-10-16(22)6-7-17(15)19-13(2)11-21(4)14(3)5-8-18(21)20(12)19/h6-7,10,12-14,18-20,22H,5,8-9,11H2,1-4H3/t12-,13-,14-,18?,19?,20?,21+/m0/s1. The summed E-state index contributed by atoms with van der Waals surface area (Å²) in [4.78, 5) is 0. The minimum Gasteiger partial charge on any atom is -0.508 e. The van der Waals surface area contributed by atoms with Gasteiger partial charge in [0.1, 0.15) is 5.75 Å².